The van der Waals surface area contributed by atoms with Crippen LogP contribution in [-0.4, -0.2) is 12.1 Å². The largest absolute Gasteiger partial charge is 0.458 e. The summed E-state index contributed by atoms with van der Waals surface area (Å²) in [5, 5.41) is 0. The van der Waals surface area contributed by atoms with E-state index in [-0.39, 0.29) is 28.3 Å². The van der Waals surface area contributed by atoms with Gasteiger partial charge in [-0.05, 0) is 53.6 Å². The van der Waals surface area contributed by atoms with Crippen molar-refractivity contribution in [3.8, 4) is 0 Å². The molecule has 3 rings (SSSR count). The molecule has 1 unspecified atom stereocenters. The molecule has 0 bridgehead atoms. The molecule has 4 atom stereocenters. The second-order valence-electron chi connectivity index (χ2n) is 9.98. The van der Waals surface area contributed by atoms with Crippen LogP contribution in [0.4, 0.5) is 0 Å². The van der Waals surface area contributed by atoms with Gasteiger partial charge in [-0.2, -0.15) is 0 Å². The van der Waals surface area contributed by atoms with E-state index in [1.165, 1.54) is 6.42 Å². The molecule has 2 aliphatic rings. The van der Waals surface area contributed by atoms with Gasteiger partial charge in [0.2, 0.25) is 0 Å². The smallest absolute Gasteiger partial charge is 0.338 e. The Labute approximate surface area is 159 Å². The lowest BCUT2D eigenvalue weighted by atomic mass is 9.62. The molecular weight excluding hydrogens is 320 g/mol. The Kier molecular flexibility index (Phi) is 4.83. The lowest BCUT2D eigenvalue weighted by molar-refractivity contribution is -0.0486. The molecule has 0 N–H and O–H groups in total. The van der Waals surface area contributed by atoms with Crippen LogP contribution in [0.1, 0.15) is 71.2 Å². The van der Waals surface area contributed by atoms with Crippen molar-refractivity contribution >= 4 is 5.97 Å². The Morgan fingerprint density at radius 1 is 1.04 bits per heavy atom. The SMILES string of the molecule is CC(C)[C@]1(C)CC[C@]2(C)C=CC(C)(C)C[C@H](OC(=O)c3ccccc3)C12. The van der Waals surface area contributed by atoms with Crippen LogP contribution in [0.3, 0.4) is 0 Å². The Balaban J connectivity index is 1.98. The first-order chi connectivity index (χ1) is 12.1. The maximum absolute atomic E-state index is 12.9. The number of allylic oxidation sites excluding steroid dienone is 2. The Morgan fingerprint density at radius 2 is 1.69 bits per heavy atom. The van der Waals surface area contributed by atoms with Crippen molar-refractivity contribution in [3.63, 3.8) is 0 Å². The predicted octanol–water partition coefficient (Wildman–Crippen LogP) is 6.28. The van der Waals surface area contributed by atoms with Gasteiger partial charge in [0.25, 0.3) is 0 Å². The fourth-order valence-corrected chi connectivity index (χ4v) is 5.30. The van der Waals surface area contributed by atoms with Gasteiger partial charge < -0.3 is 4.74 Å². The molecule has 1 saturated carbocycles. The van der Waals surface area contributed by atoms with Crippen LogP contribution in [0.2, 0.25) is 0 Å². The number of carbonyl (C=O) groups is 1. The van der Waals surface area contributed by atoms with E-state index in [4.69, 9.17) is 4.74 Å². The van der Waals surface area contributed by atoms with E-state index in [0.29, 0.717) is 17.4 Å². The number of carbonyl (C=O) groups excluding carboxylic acids is 1. The van der Waals surface area contributed by atoms with E-state index in [0.717, 1.165) is 12.8 Å². The highest BCUT2D eigenvalue weighted by atomic mass is 16.5. The van der Waals surface area contributed by atoms with Crippen molar-refractivity contribution < 1.29 is 9.53 Å². The Bertz CT molecular complexity index is 687. The zero-order valence-electron chi connectivity index (χ0n) is 17.2. The topological polar surface area (TPSA) is 26.3 Å². The Morgan fingerprint density at radius 3 is 2.31 bits per heavy atom. The number of rotatable bonds is 3. The summed E-state index contributed by atoms with van der Waals surface area (Å²) < 4.78 is 6.24. The third kappa shape index (κ3) is 3.35. The number of benzene rings is 1. The summed E-state index contributed by atoms with van der Waals surface area (Å²) >= 11 is 0. The van der Waals surface area contributed by atoms with E-state index in [9.17, 15) is 4.79 Å². The molecule has 0 aliphatic heterocycles. The lowest BCUT2D eigenvalue weighted by Gasteiger charge is -2.45. The number of ether oxygens (including phenoxy) is 1. The van der Waals surface area contributed by atoms with Crippen LogP contribution in [0.15, 0.2) is 42.5 Å². The molecule has 0 heterocycles. The molecule has 0 spiro atoms. The van der Waals surface area contributed by atoms with Crippen LogP contribution >= 0.6 is 0 Å². The minimum atomic E-state index is -0.186. The van der Waals surface area contributed by atoms with Crippen molar-refractivity contribution in [2.24, 2.45) is 28.1 Å². The molecule has 2 heteroatoms. The van der Waals surface area contributed by atoms with Gasteiger partial charge in [-0.15, -0.1) is 0 Å². The molecule has 1 aromatic carbocycles. The second-order valence-corrected chi connectivity index (χ2v) is 9.98. The maximum atomic E-state index is 12.9. The van der Waals surface area contributed by atoms with Gasteiger partial charge >= 0.3 is 5.97 Å². The van der Waals surface area contributed by atoms with E-state index in [1.54, 1.807) is 0 Å². The summed E-state index contributed by atoms with van der Waals surface area (Å²) in [6.07, 6.45) is 7.97. The summed E-state index contributed by atoms with van der Waals surface area (Å²) in [7, 11) is 0. The summed E-state index contributed by atoms with van der Waals surface area (Å²) in [5.74, 6) is 0.719. The molecule has 26 heavy (non-hydrogen) atoms. The minimum absolute atomic E-state index is 0.0346. The van der Waals surface area contributed by atoms with Crippen LogP contribution in [0.5, 0.6) is 0 Å². The zero-order valence-corrected chi connectivity index (χ0v) is 17.2. The molecule has 1 fully saturated rings. The standard InChI is InChI=1S/C24H34O2/c1-17(2)24(6)15-14-23(5)13-12-22(3,4)16-19(20(23)24)26-21(25)18-10-8-7-9-11-18/h7-13,17,19-20H,14-16H2,1-6H3/t19-,20?,23-,24-/m0/s1. The van der Waals surface area contributed by atoms with Crippen LogP contribution in [0, 0.1) is 28.1 Å². The first kappa shape index (κ1) is 19.2. The normalized spacial score (nSPS) is 35.8. The van der Waals surface area contributed by atoms with E-state index >= 15 is 0 Å². The fourth-order valence-electron chi connectivity index (χ4n) is 5.30. The Hall–Kier alpha value is -1.57. The molecule has 0 amide bonds. The molecule has 2 aliphatic carbocycles. The van der Waals surface area contributed by atoms with Crippen LogP contribution in [-0.2, 0) is 4.74 Å². The summed E-state index contributed by atoms with van der Waals surface area (Å²) in [5.41, 5.74) is 0.955. The molecule has 0 saturated heterocycles. The first-order valence-electron chi connectivity index (χ1n) is 10.0. The van der Waals surface area contributed by atoms with Gasteiger partial charge in [0.1, 0.15) is 6.10 Å². The van der Waals surface area contributed by atoms with Crippen LogP contribution in [0.25, 0.3) is 0 Å². The predicted molar refractivity (Wildman–Crippen MR) is 107 cm³/mol. The number of esters is 1. The minimum Gasteiger partial charge on any atom is -0.458 e. The van der Waals surface area contributed by atoms with Gasteiger partial charge in [0.15, 0.2) is 0 Å². The van der Waals surface area contributed by atoms with Crippen LogP contribution < -0.4 is 0 Å². The lowest BCUT2D eigenvalue weighted by Crippen LogP contribution is -2.44. The van der Waals surface area contributed by atoms with Crippen molar-refractivity contribution in [1.29, 1.82) is 0 Å². The zero-order chi connectivity index (χ0) is 19.2. The average Bonchev–Trinajstić information content (AvgIpc) is 2.81. The quantitative estimate of drug-likeness (QED) is 0.472. The van der Waals surface area contributed by atoms with Crippen molar-refractivity contribution in [2.75, 3.05) is 0 Å². The summed E-state index contributed by atoms with van der Waals surface area (Å²) in [4.78, 5) is 12.9. The van der Waals surface area contributed by atoms with Gasteiger partial charge in [0, 0.05) is 5.92 Å². The molecule has 0 aromatic heterocycles. The molecule has 142 valence electrons. The highest BCUT2D eigenvalue weighted by Crippen LogP contribution is 2.62. The number of fused-ring (bicyclic) bond motifs is 1. The average molecular weight is 355 g/mol. The molecule has 0 radical (unpaired) electrons. The maximum Gasteiger partial charge on any atom is 0.338 e. The van der Waals surface area contributed by atoms with E-state index in [2.05, 4.69) is 53.7 Å². The third-order valence-corrected chi connectivity index (χ3v) is 7.22. The van der Waals surface area contributed by atoms with Gasteiger partial charge in [-0.1, -0.05) is 71.9 Å². The van der Waals surface area contributed by atoms with Crippen molar-refractivity contribution in [1.82, 2.24) is 0 Å². The van der Waals surface area contributed by atoms with Crippen molar-refractivity contribution in [2.45, 2.75) is 66.9 Å². The second kappa shape index (κ2) is 6.55. The van der Waals surface area contributed by atoms with Gasteiger partial charge in [0.05, 0.1) is 5.56 Å². The van der Waals surface area contributed by atoms with E-state index in [1.807, 2.05) is 30.3 Å². The van der Waals surface area contributed by atoms with E-state index < -0.39 is 0 Å². The number of hydrogen-bond acceptors (Lipinski definition) is 2. The number of hydrogen-bond donors (Lipinski definition) is 0. The highest BCUT2D eigenvalue weighted by molar-refractivity contribution is 5.89. The fraction of sp³-hybridized carbons (Fsp3) is 0.625. The summed E-state index contributed by atoms with van der Waals surface area (Å²) in [6, 6.07) is 9.41. The third-order valence-electron chi connectivity index (χ3n) is 7.22. The van der Waals surface area contributed by atoms with Crippen molar-refractivity contribution in [3.05, 3.63) is 48.0 Å². The highest BCUT2D eigenvalue weighted by Gasteiger charge is 2.57. The molecular formula is C24H34O2. The first-order valence-corrected chi connectivity index (χ1v) is 10.0. The molecule has 2 nitrogen and oxygen atoms in total. The van der Waals surface area contributed by atoms with Gasteiger partial charge in [-0.25, -0.2) is 4.79 Å². The summed E-state index contributed by atoms with van der Waals surface area (Å²) in [6.45, 7) is 13.9. The van der Waals surface area contributed by atoms with Gasteiger partial charge in [-0.3, -0.25) is 0 Å². The molecule has 1 aromatic rings. The monoisotopic (exact) mass is 354 g/mol.